The first-order chi connectivity index (χ1) is 12.3. The van der Waals surface area contributed by atoms with Gasteiger partial charge in [-0.1, -0.05) is 37.0 Å². The third-order valence-corrected chi connectivity index (χ3v) is 5.20. The molecule has 0 aliphatic rings. The van der Waals surface area contributed by atoms with Crippen LogP contribution < -0.4 is 10.1 Å². The van der Waals surface area contributed by atoms with Crippen LogP contribution in [0.3, 0.4) is 0 Å². The van der Waals surface area contributed by atoms with Crippen LogP contribution in [0.15, 0.2) is 24.3 Å². The molecule has 5 nitrogen and oxygen atoms in total. The van der Waals surface area contributed by atoms with E-state index in [1.807, 2.05) is 13.8 Å². The molecule has 1 amide bonds. The SMILES string of the molecule is CCOC(=O)c1cc(C(C)C)sc1NC(=O)COc1ccc(Cl)cc1Cl. The summed E-state index contributed by atoms with van der Waals surface area (Å²) in [5.41, 5.74) is 0.346. The number of ether oxygens (including phenoxy) is 2. The quantitative estimate of drug-likeness (QED) is 0.616. The molecule has 0 saturated carbocycles. The van der Waals surface area contributed by atoms with Gasteiger partial charge < -0.3 is 14.8 Å². The molecule has 1 heterocycles. The Morgan fingerprint density at radius 3 is 2.58 bits per heavy atom. The molecule has 0 atom stereocenters. The Balaban J connectivity index is 2.08. The van der Waals surface area contributed by atoms with Crippen LogP contribution in [0.2, 0.25) is 10.0 Å². The molecule has 0 aliphatic carbocycles. The van der Waals surface area contributed by atoms with Gasteiger partial charge in [-0.3, -0.25) is 4.79 Å². The lowest BCUT2D eigenvalue weighted by atomic mass is 10.1. The standard InChI is InChI=1S/C18H19Cl2NO4S/c1-4-24-18(23)12-8-15(10(2)3)26-17(12)21-16(22)9-25-14-6-5-11(19)7-13(14)20/h5-8,10H,4,9H2,1-3H3,(H,21,22). The van der Waals surface area contributed by atoms with Gasteiger partial charge in [0.05, 0.1) is 17.2 Å². The van der Waals surface area contributed by atoms with Gasteiger partial charge in [0.1, 0.15) is 10.8 Å². The first-order valence-corrected chi connectivity index (χ1v) is 9.57. The zero-order valence-electron chi connectivity index (χ0n) is 14.6. The Morgan fingerprint density at radius 1 is 1.23 bits per heavy atom. The number of rotatable bonds is 7. The van der Waals surface area contributed by atoms with E-state index in [9.17, 15) is 9.59 Å². The lowest BCUT2D eigenvalue weighted by Crippen LogP contribution is -2.21. The average molecular weight is 416 g/mol. The third-order valence-electron chi connectivity index (χ3n) is 3.32. The number of esters is 1. The molecule has 0 saturated heterocycles. The normalized spacial score (nSPS) is 10.7. The van der Waals surface area contributed by atoms with Crippen molar-refractivity contribution < 1.29 is 19.1 Å². The van der Waals surface area contributed by atoms with Gasteiger partial charge in [-0.25, -0.2) is 4.79 Å². The molecule has 0 unspecified atom stereocenters. The number of carbonyl (C=O) groups excluding carboxylic acids is 2. The van der Waals surface area contributed by atoms with Crippen molar-refractivity contribution in [2.75, 3.05) is 18.5 Å². The second-order valence-electron chi connectivity index (χ2n) is 5.68. The van der Waals surface area contributed by atoms with Crippen molar-refractivity contribution in [3.8, 4) is 5.75 Å². The molecule has 1 N–H and O–H groups in total. The van der Waals surface area contributed by atoms with Crippen LogP contribution in [-0.2, 0) is 9.53 Å². The fraction of sp³-hybridized carbons (Fsp3) is 0.333. The predicted molar refractivity (Wildman–Crippen MR) is 105 cm³/mol. The summed E-state index contributed by atoms with van der Waals surface area (Å²) >= 11 is 13.2. The predicted octanol–water partition coefficient (Wildman–Crippen LogP) is 5.37. The van der Waals surface area contributed by atoms with E-state index in [0.717, 1.165) is 4.88 Å². The van der Waals surface area contributed by atoms with Crippen LogP contribution in [-0.4, -0.2) is 25.1 Å². The maximum Gasteiger partial charge on any atom is 0.341 e. The van der Waals surface area contributed by atoms with Gasteiger partial charge in [0.25, 0.3) is 5.91 Å². The van der Waals surface area contributed by atoms with Crippen molar-refractivity contribution in [1.82, 2.24) is 0 Å². The fourth-order valence-electron chi connectivity index (χ4n) is 2.05. The lowest BCUT2D eigenvalue weighted by molar-refractivity contribution is -0.118. The maximum atomic E-state index is 12.2. The number of nitrogens with one attached hydrogen (secondary N) is 1. The average Bonchev–Trinajstić information content (AvgIpc) is 2.98. The second-order valence-corrected chi connectivity index (χ2v) is 7.61. The van der Waals surface area contributed by atoms with E-state index in [1.165, 1.54) is 17.4 Å². The van der Waals surface area contributed by atoms with Gasteiger partial charge in [-0.05, 0) is 37.1 Å². The van der Waals surface area contributed by atoms with Crippen LogP contribution in [0.5, 0.6) is 5.75 Å². The summed E-state index contributed by atoms with van der Waals surface area (Å²) in [6.07, 6.45) is 0. The monoisotopic (exact) mass is 415 g/mol. The van der Waals surface area contributed by atoms with E-state index in [0.29, 0.717) is 26.4 Å². The van der Waals surface area contributed by atoms with E-state index in [2.05, 4.69) is 5.32 Å². The molecule has 2 rings (SSSR count). The molecule has 0 fully saturated rings. The van der Waals surface area contributed by atoms with E-state index < -0.39 is 11.9 Å². The summed E-state index contributed by atoms with van der Waals surface area (Å²) in [6.45, 7) is 5.77. The summed E-state index contributed by atoms with van der Waals surface area (Å²) in [5, 5.41) is 3.95. The molecule has 140 valence electrons. The molecule has 26 heavy (non-hydrogen) atoms. The minimum atomic E-state index is -0.465. The molecule has 0 bridgehead atoms. The lowest BCUT2D eigenvalue weighted by Gasteiger charge is -2.09. The zero-order valence-corrected chi connectivity index (χ0v) is 16.9. The zero-order chi connectivity index (χ0) is 19.3. The highest BCUT2D eigenvalue weighted by molar-refractivity contribution is 7.16. The van der Waals surface area contributed by atoms with Crippen molar-refractivity contribution >= 4 is 51.4 Å². The van der Waals surface area contributed by atoms with E-state index in [4.69, 9.17) is 32.7 Å². The largest absolute Gasteiger partial charge is 0.482 e. The number of carbonyl (C=O) groups is 2. The van der Waals surface area contributed by atoms with E-state index >= 15 is 0 Å². The fourth-order valence-corrected chi connectivity index (χ4v) is 3.57. The van der Waals surface area contributed by atoms with Crippen LogP contribution in [0.1, 0.15) is 41.9 Å². The Kier molecular flexibility index (Phi) is 7.32. The number of hydrogen-bond donors (Lipinski definition) is 1. The van der Waals surface area contributed by atoms with Gasteiger partial charge >= 0.3 is 5.97 Å². The van der Waals surface area contributed by atoms with Gasteiger partial charge in [-0.15, -0.1) is 11.3 Å². The van der Waals surface area contributed by atoms with Gasteiger partial charge in [0.2, 0.25) is 0 Å². The van der Waals surface area contributed by atoms with Crippen LogP contribution in [0, 0.1) is 0 Å². The van der Waals surface area contributed by atoms with Crippen molar-refractivity contribution in [3.63, 3.8) is 0 Å². The summed E-state index contributed by atoms with van der Waals surface area (Å²) in [4.78, 5) is 25.3. The van der Waals surface area contributed by atoms with Gasteiger partial charge in [-0.2, -0.15) is 0 Å². The Morgan fingerprint density at radius 2 is 1.96 bits per heavy atom. The number of hydrogen-bond acceptors (Lipinski definition) is 5. The van der Waals surface area contributed by atoms with Crippen LogP contribution in [0.25, 0.3) is 0 Å². The van der Waals surface area contributed by atoms with Crippen LogP contribution in [0.4, 0.5) is 5.00 Å². The summed E-state index contributed by atoms with van der Waals surface area (Å²) in [5.74, 6) is -0.292. The minimum Gasteiger partial charge on any atom is -0.482 e. The Hall–Kier alpha value is -1.76. The van der Waals surface area contributed by atoms with Crippen LogP contribution >= 0.6 is 34.5 Å². The van der Waals surface area contributed by atoms with Gasteiger partial charge in [0, 0.05) is 9.90 Å². The molecule has 1 aromatic carbocycles. The third kappa shape index (κ3) is 5.37. The highest BCUT2D eigenvalue weighted by Crippen LogP contribution is 2.33. The number of amides is 1. The molecule has 8 heteroatoms. The number of anilines is 1. The topological polar surface area (TPSA) is 64.6 Å². The molecule has 1 aromatic heterocycles. The highest BCUT2D eigenvalue weighted by atomic mass is 35.5. The molecule has 2 aromatic rings. The van der Waals surface area contributed by atoms with Gasteiger partial charge in [0.15, 0.2) is 6.61 Å². The first-order valence-electron chi connectivity index (χ1n) is 8.00. The maximum absolute atomic E-state index is 12.2. The van der Waals surface area contributed by atoms with Crippen molar-refractivity contribution in [3.05, 3.63) is 44.8 Å². The summed E-state index contributed by atoms with van der Waals surface area (Å²) in [6, 6.07) is 6.49. The van der Waals surface area contributed by atoms with E-state index in [-0.39, 0.29) is 19.1 Å². The van der Waals surface area contributed by atoms with Crippen molar-refractivity contribution in [2.45, 2.75) is 26.7 Å². The molecular formula is C18H19Cl2NO4S. The summed E-state index contributed by atoms with van der Waals surface area (Å²) in [7, 11) is 0. The van der Waals surface area contributed by atoms with Crippen molar-refractivity contribution in [1.29, 1.82) is 0 Å². The number of thiophene rings is 1. The minimum absolute atomic E-state index is 0.225. The van der Waals surface area contributed by atoms with Crippen molar-refractivity contribution in [2.24, 2.45) is 0 Å². The second kappa shape index (κ2) is 9.26. The number of benzene rings is 1. The summed E-state index contributed by atoms with van der Waals surface area (Å²) < 4.78 is 10.5. The Bertz CT molecular complexity index is 804. The molecule has 0 spiro atoms. The smallest absolute Gasteiger partial charge is 0.341 e. The highest BCUT2D eigenvalue weighted by Gasteiger charge is 2.20. The number of halogens is 2. The molecular weight excluding hydrogens is 397 g/mol. The Labute approximate surface area is 166 Å². The van der Waals surface area contributed by atoms with E-state index in [1.54, 1.807) is 25.1 Å². The first kappa shape index (κ1) is 20.6. The molecule has 0 radical (unpaired) electrons. The molecule has 0 aliphatic heterocycles.